The first kappa shape index (κ1) is 6.07. The molecule has 1 aromatic heterocycles. The van der Waals surface area contributed by atoms with E-state index >= 15 is 0 Å². The lowest BCUT2D eigenvalue weighted by Gasteiger charge is -1.91. The van der Waals surface area contributed by atoms with Crippen LogP contribution in [0.25, 0.3) is 0 Å². The second-order valence-corrected chi connectivity index (χ2v) is 2.13. The Morgan fingerprint density at radius 3 is 2.56 bits per heavy atom. The molecule has 9 heavy (non-hydrogen) atoms. The third kappa shape index (κ3) is 1.19. The first-order chi connectivity index (χ1) is 4.20. The Kier molecular flexibility index (Phi) is 1.38. The van der Waals surface area contributed by atoms with Gasteiger partial charge in [0.2, 0.25) is 0 Å². The quantitative estimate of drug-likeness (QED) is 0.598. The van der Waals surface area contributed by atoms with Gasteiger partial charge in [-0.15, -0.1) is 0 Å². The molecule has 4 heteroatoms. The first-order valence-corrected chi connectivity index (χ1v) is 2.76. The Labute approximate surface area is 51.9 Å². The summed E-state index contributed by atoms with van der Waals surface area (Å²) in [5.74, 6) is 0.329. The van der Waals surface area contributed by atoms with Crippen molar-refractivity contribution in [1.82, 2.24) is 10.1 Å². The lowest BCUT2D eigenvalue weighted by Crippen LogP contribution is -1.97. The summed E-state index contributed by atoms with van der Waals surface area (Å²) in [7, 11) is 0. The molecule has 0 amide bonds. The Morgan fingerprint density at radius 2 is 2.33 bits per heavy atom. The minimum atomic E-state index is -0.487. The van der Waals surface area contributed by atoms with Crippen LogP contribution >= 0.6 is 0 Å². The number of aromatic amines is 1. The van der Waals surface area contributed by atoms with Crippen LogP contribution in [-0.2, 0) is 0 Å². The van der Waals surface area contributed by atoms with Crippen LogP contribution in [0.1, 0.15) is 25.6 Å². The molecule has 4 nitrogen and oxygen atoms in total. The van der Waals surface area contributed by atoms with Crippen LogP contribution < -0.4 is 5.76 Å². The van der Waals surface area contributed by atoms with Gasteiger partial charge in [0.05, 0.1) is 0 Å². The molecule has 0 bridgehead atoms. The summed E-state index contributed by atoms with van der Waals surface area (Å²) in [5, 5.41) is 3.47. The fourth-order valence-corrected chi connectivity index (χ4v) is 0.491. The highest BCUT2D eigenvalue weighted by Crippen LogP contribution is 2.03. The Balaban J connectivity index is 2.98. The minimum absolute atomic E-state index is 0.219. The predicted octanol–water partition coefficient (Wildman–Crippen LogP) is 0.486. The number of H-pyrrole nitrogens is 1. The van der Waals surface area contributed by atoms with E-state index in [2.05, 4.69) is 14.7 Å². The molecular formula is C5H8N2O2. The van der Waals surface area contributed by atoms with Crippen molar-refractivity contribution >= 4 is 0 Å². The number of aromatic nitrogens is 2. The number of hydrogen-bond acceptors (Lipinski definition) is 3. The predicted molar refractivity (Wildman–Crippen MR) is 31.2 cm³/mol. The molecule has 1 rings (SSSR count). The van der Waals surface area contributed by atoms with E-state index < -0.39 is 5.76 Å². The molecule has 0 saturated heterocycles. The van der Waals surface area contributed by atoms with Crippen LogP contribution in [0, 0.1) is 0 Å². The maximum absolute atomic E-state index is 10.3. The van der Waals surface area contributed by atoms with Gasteiger partial charge in [-0.2, -0.15) is 0 Å². The van der Waals surface area contributed by atoms with Crippen molar-refractivity contribution in [2.75, 3.05) is 0 Å². The minimum Gasteiger partial charge on any atom is -0.296 e. The van der Waals surface area contributed by atoms with Gasteiger partial charge in [0.15, 0.2) is 5.82 Å². The lowest BCUT2D eigenvalue weighted by molar-refractivity contribution is 0.379. The van der Waals surface area contributed by atoms with E-state index in [4.69, 9.17) is 0 Å². The second kappa shape index (κ2) is 2.05. The molecule has 1 N–H and O–H groups in total. The first-order valence-electron chi connectivity index (χ1n) is 2.76. The van der Waals surface area contributed by atoms with Crippen molar-refractivity contribution in [3.63, 3.8) is 0 Å². The summed E-state index contributed by atoms with van der Waals surface area (Å²) in [4.78, 5) is 12.8. The average Bonchev–Trinajstić information content (AvgIpc) is 2.14. The molecule has 0 atom stereocenters. The van der Waals surface area contributed by atoms with Crippen LogP contribution in [0.15, 0.2) is 9.32 Å². The molecule has 50 valence electrons. The molecule has 1 aromatic rings. The summed E-state index contributed by atoms with van der Waals surface area (Å²) in [6.45, 7) is 3.85. The molecule has 0 radical (unpaired) electrons. The van der Waals surface area contributed by atoms with Crippen LogP contribution in [-0.4, -0.2) is 10.1 Å². The van der Waals surface area contributed by atoms with E-state index in [0.29, 0.717) is 5.82 Å². The van der Waals surface area contributed by atoms with Gasteiger partial charge in [-0.25, -0.2) is 4.79 Å². The Bertz CT molecular complexity index is 235. The van der Waals surface area contributed by atoms with Crippen molar-refractivity contribution in [3.8, 4) is 0 Å². The monoisotopic (exact) mass is 128 g/mol. The molecule has 0 aliphatic rings. The van der Waals surface area contributed by atoms with Gasteiger partial charge in [0.1, 0.15) is 0 Å². The molecule has 0 unspecified atom stereocenters. The third-order valence-electron chi connectivity index (χ3n) is 1.00. The molecule has 0 aliphatic heterocycles. The Hall–Kier alpha value is -1.06. The summed E-state index contributed by atoms with van der Waals surface area (Å²) < 4.78 is 4.26. The maximum Gasteiger partial charge on any atom is 0.438 e. The summed E-state index contributed by atoms with van der Waals surface area (Å²) in [6, 6.07) is 0. The van der Waals surface area contributed by atoms with Crippen molar-refractivity contribution in [2.24, 2.45) is 0 Å². The number of nitrogens with one attached hydrogen (secondary N) is 1. The molecule has 0 saturated carbocycles. The van der Waals surface area contributed by atoms with Crippen LogP contribution in [0.3, 0.4) is 0 Å². The molecule has 0 aromatic carbocycles. The van der Waals surface area contributed by atoms with E-state index in [1.807, 2.05) is 13.8 Å². The molecule has 0 spiro atoms. The fourth-order valence-electron chi connectivity index (χ4n) is 0.491. The van der Waals surface area contributed by atoms with Crippen LogP contribution in [0.5, 0.6) is 0 Å². The van der Waals surface area contributed by atoms with E-state index in [0.717, 1.165) is 0 Å². The zero-order valence-corrected chi connectivity index (χ0v) is 5.34. The average molecular weight is 128 g/mol. The van der Waals surface area contributed by atoms with Crippen molar-refractivity contribution in [2.45, 2.75) is 19.8 Å². The highest BCUT2D eigenvalue weighted by molar-refractivity contribution is 4.85. The smallest absolute Gasteiger partial charge is 0.296 e. The van der Waals surface area contributed by atoms with Crippen molar-refractivity contribution < 1.29 is 4.52 Å². The molecule has 0 aliphatic carbocycles. The molecule has 1 heterocycles. The van der Waals surface area contributed by atoms with Gasteiger partial charge in [-0.3, -0.25) is 9.51 Å². The second-order valence-electron chi connectivity index (χ2n) is 2.13. The van der Waals surface area contributed by atoms with Crippen molar-refractivity contribution in [1.29, 1.82) is 0 Å². The normalized spacial score (nSPS) is 10.6. The number of nitrogens with zero attached hydrogens (tertiary/aromatic N) is 1. The zero-order valence-electron chi connectivity index (χ0n) is 5.34. The van der Waals surface area contributed by atoms with Crippen LogP contribution in [0.2, 0.25) is 0 Å². The van der Waals surface area contributed by atoms with E-state index in [1.165, 1.54) is 0 Å². The highest BCUT2D eigenvalue weighted by Gasteiger charge is 2.02. The summed E-state index contributed by atoms with van der Waals surface area (Å²) in [5.41, 5.74) is 0. The van der Waals surface area contributed by atoms with Gasteiger partial charge in [-0.05, 0) is 0 Å². The van der Waals surface area contributed by atoms with E-state index in [-0.39, 0.29) is 5.92 Å². The Morgan fingerprint density at radius 1 is 1.67 bits per heavy atom. The van der Waals surface area contributed by atoms with Crippen LogP contribution in [0.4, 0.5) is 0 Å². The van der Waals surface area contributed by atoms with Gasteiger partial charge >= 0.3 is 5.76 Å². The maximum atomic E-state index is 10.3. The standard InChI is InChI=1S/C5H8N2O2/c1-3(2)4-6-5(8)9-7-4/h3H,1-2H3,(H,6,7,8). The third-order valence-corrected chi connectivity index (χ3v) is 1.00. The van der Waals surface area contributed by atoms with Crippen molar-refractivity contribution in [3.05, 3.63) is 16.4 Å². The molecule has 0 fully saturated rings. The van der Waals surface area contributed by atoms with Gasteiger partial charge in [0.25, 0.3) is 0 Å². The largest absolute Gasteiger partial charge is 0.438 e. The summed E-state index contributed by atoms with van der Waals surface area (Å²) in [6.07, 6.45) is 0. The topological polar surface area (TPSA) is 58.9 Å². The summed E-state index contributed by atoms with van der Waals surface area (Å²) >= 11 is 0. The van der Waals surface area contributed by atoms with E-state index in [1.54, 1.807) is 0 Å². The SMILES string of the molecule is CC(C)c1noc(=O)[nH]1. The number of hydrogen-bond donors (Lipinski definition) is 1. The van der Waals surface area contributed by atoms with Gasteiger partial charge in [0, 0.05) is 5.92 Å². The fraction of sp³-hybridized carbons (Fsp3) is 0.600. The number of rotatable bonds is 1. The lowest BCUT2D eigenvalue weighted by atomic mass is 10.2. The molecular weight excluding hydrogens is 120 g/mol. The van der Waals surface area contributed by atoms with E-state index in [9.17, 15) is 4.79 Å². The van der Waals surface area contributed by atoms with Gasteiger partial charge in [-0.1, -0.05) is 19.0 Å². The zero-order chi connectivity index (χ0) is 6.85. The van der Waals surface area contributed by atoms with Gasteiger partial charge < -0.3 is 0 Å². The highest BCUT2D eigenvalue weighted by atomic mass is 16.5.